The van der Waals surface area contributed by atoms with Crippen LogP contribution in [0.15, 0.2) is 30.3 Å². The molecule has 45 heavy (non-hydrogen) atoms. The summed E-state index contributed by atoms with van der Waals surface area (Å²) in [5.41, 5.74) is 1.09. The SMILES string of the molecule is CC(CCCCCCCCC[C@@H](O[Si](C)(C)C(C)(C)C)[C@H](C)C(=O)N1C(=O)OC[C@@H]1Cc1ccccc1)O[Si](C)(C)C(C)(C)C. The molecular formula is C37H67NO5Si2. The Morgan fingerprint density at radius 3 is 1.84 bits per heavy atom. The molecule has 2 rings (SSSR count). The minimum atomic E-state index is -2.13. The number of carbonyl (C=O) groups excluding carboxylic acids is 2. The van der Waals surface area contributed by atoms with Crippen molar-refractivity contribution in [1.82, 2.24) is 4.90 Å². The lowest BCUT2D eigenvalue weighted by molar-refractivity contribution is -0.136. The Kier molecular flexibility index (Phi) is 15.1. The third-order valence-electron chi connectivity index (χ3n) is 10.6. The first-order valence-electron chi connectivity index (χ1n) is 17.7. The van der Waals surface area contributed by atoms with E-state index < -0.39 is 28.6 Å². The highest BCUT2D eigenvalue weighted by atomic mass is 28.4. The van der Waals surface area contributed by atoms with Gasteiger partial charge in [-0.15, -0.1) is 0 Å². The topological polar surface area (TPSA) is 65.1 Å². The monoisotopic (exact) mass is 661 g/mol. The molecule has 1 fully saturated rings. The van der Waals surface area contributed by atoms with Gasteiger partial charge >= 0.3 is 6.09 Å². The maximum atomic E-state index is 13.9. The first-order chi connectivity index (χ1) is 20.8. The van der Waals surface area contributed by atoms with Gasteiger partial charge in [-0.3, -0.25) is 4.79 Å². The van der Waals surface area contributed by atoms with Crippen molar-refractivity contribution >= 4 is 28.6 Å². The number of hydrogen-bond acceptors (Lipinski definition) is 5. The highest BCUT2D eigenvalue weighted by Crippen LogP contribution is 2.40. The van der Waals surface area contributed by atoms with Crippen LogP contribution in [0.3, 0.4) is 0 Å². The summed E-state index contributed by atoms with van der Waals surface area (Å²) in [5.74, 6) is -0.590. The molecule has 1 unspecified atom stereocenters. The Balaban J connectivity index is 1.88. The number of hydrogen-bond donors (Lipinski definition) is 0. The minimum absolute atomic E-state index is 0.0314. The van der Waals surface area contributed by atoms with Crippen LogP contribution in [0.5, 0.6) is 0 Å². The summed E-state index contributed by atoms with van der Waals surface area (Å²) in [6.45, 7) is 27.2. The van der Waals surface area contributed by atoms with Crippen LogP contribution < -0.4 is 0 Å². The Labute approximate surface area is 278 Å². The van der Waals surface area contributed by atoms with Crippen LogP contribution in [0, 0.1) is 5.92 Å². The lowest BCUT2D eigenvalue weighted by atomic mass is 9.96. The van der Waals surface area contributed by atoms with Crippen LogP contribution in [-0.2, 0) is 24.8 Å². The van der Waals surface area contributed by atoms with E-state index in [2.05, 4.69) is 74.7 Å². The average Bonchev–Trinajstić information content (AvgIpc) is 3.28. The van der Waals surface area contributed by atoms with Gasteiger partial charge in [0.25, 0.3) is 0 Å². The van der Waals surface area contributed by atoms with Gasteiger partial charge in [-0.2, -0.15) is 0 Å². The fourth-order valence-corrected chi connectivity index (χ4v) is 8.42. The second-order valence-corrected chi connectivity index (χ2v) is 26.1. The van der Waals surface area contributed by atoms with E-state index in [4.69, 9.17) is 13.6 Å². The molecule has 1 aromatic rings. The fraction of sp³-hybridized carbons (Fsp3) is 0.784. The van der Waals surface area contributed by atoms with E-state index in [9.17, 15) is 9.59 Å². The first kappa shape index (κ1) is 39.7. The van der Waals surface area contributed by atoms with Crippen LogP contribution >= 0.6 is 0 Å². The second kappa shape index (κ2) is 17.1. The Bertz CT molecular complexity index is 1050. The van der Waals surface area contributed by atoms with Crippen LogP contribution in [0.1, 0.15) is 119 Å². The molecule has 2 amide bonds. The third kappa shape index (κ3) is 12.2. The van der Waals surface area contributed by atoms with Gasteiger partial charge in [0, 0.05) is 6.10 Å². The Morgan fingerprint density at radius 1 is 0.822 bits per heavy atom. The van der Waals surface area contributed by atoms with E-state index in [1.165, 1.54) is 37.0 Å². The zero-order valence-corrected chi connectivity index (χ0v) is 33.0. The number of ether oxygens (including phenoxy) is 1. The van der Waals surface area contributed by atoms with E-state index in [1.807, 2.05) is 37.3 Å². The van der Waals surface area contributed by atoms with Gasteiger partial charge < -0.3 is 13.6 Å². The minimum Gasteiger partial charge on any atom is -0.447 e. The molecule has 0 spiro atoms. The smallest absolute Gasteiger partial charge is 0.416 e. The highest BCUT2D eigenvalue weighted by Gasteiger charge is 2.45. The molecule has 1 heterocycles. The van der Waals surface area contributed by atoms with Crippen molar-refractivity contribution in [2.24, 2.45) is 5.92 Å². The van der Waals surface area contributed by atoms with Gasteiger partial charge in [0.2, 0.25) is 5.91 Å². The number of carbonyl (C=O) groups is 2. The van der Waals surface area contributed by atoms with E-state index in [1.54, 1.807) is 0 Å². The van der Waals surface area contributed by atoms with Crippen molar-refractivity contribution in [2.45, 2.75) is 174 Å². The number of nitrogens with zero attached hydrogens (tertiary/aromatic N) is 1. The summed E-state index contributed by atoms with van der Waals surface area (Å²) in [6.07, 6.45) is 10.5. The molecular weight excluding hydrogens is 595 g/mol. The van der Waals surface area contributed by atoms with E-state index in [0.717, 1.165) is 31.2 Å². The molecule has 1 aromatic carbocycles. The third-order valence-corrected chi connectivity index (χ3v) is 19.7. The van der Waals surface area contributed by atoms with Crippen LogP contribution in [0.4, 0.5) is 4.79 Å². The normalized spacial score (nSPS) is 18.5. The Morgan fingerprint density at radius 2 is 1.31 bits per heavy atom. The van der Waals surface area contributed by atoms with E-state index in [0.29, 0.717) is 12.5 Å². The number of imide groups is 1. The van der Waals surface area contributed by atoms with Crippen molar-refractivity contribution in [3.63, 3.8) is 0 Å². The molecule has 4 atom stereocenters. The lowest BCUT2D eigenvalue weighted by Gasteiger charge is -2.41. The summed E-state index contributed by atoms with van der Waals surface area (Å²) < 4.78 is 18.8. The number of rotatable bonds is 18. The predicted molar refractivity (Wildman–Crippen MR) is 193 cm³/mol. The second-order valence-electron chi connectivity index (χ2n) is 16.6. The number of amides is 2. The van der Waals surface area contributed by atoms with Gasteiger partial charge in [0.05, 0.1) is 18.1 Å². The molecule has 0 aromatic heterocycles. The zero-order valence-electron chi connectivity index (χ0n) is 31.0. The summed E-state index contributed by atoms with van der Waals surface area (Å²) in [5, 5.41) is 0.287. The number of cyclic esters (lactones) is 1. The van der Waals surface area contributed by atoms with Crippen LogP contribution in [0.25, 0.3) is 0 Å². The maximum absolute atomic E-state index is 13.9. The molecule has 1 aliphatic heterocycles. The van der Waals surface area contributed by atoms with E-state index in [-0.39, 0.29) is 34.7 Å². The molecule has 6 nitrogen and oxygen atoms in total. The van der Waals surface area contributed by atoms with Crippen LogP contribution in [-0.4, -0.2) is 58.4 Å². The average molecular weight is 662 g/mol. The molecule has 0 saturated carbocycles. The highest BCUT2D eigenvalue weighted by molar-refractivity contribution is 6.74. The van der Waals surface area contributed by atoms with Gasteiger partial charge in [-0.1, -0.05) is 124 Å². The molecule has 0 aliphatic carbocycles. The van der Waals surface area contributed by atoms with Crippen molar-refractivity contribution in [3.05, 3.63) is 35.9 Å². The van der Waals surface area contributed by atoms with Crippen molar-refractivity contribution < 1.29 is 23.2 Å². The number of unbranched alkanes of at least 4 members (excludes halogenated alkanes) is 6. The largest absolute Gasteiger partial charge is 0.447 e. The quantitative estimate of drug-likeness (QED) is 0.116. The standard InChI is InChI=1S/C37H67NO5Si2/c1-29(42-44(9,10)36(3,4)5)23-19-16-14-13-15-17-22-26-33(43-45(11,12)37(6,7)8)30(2)34(39)38-32(28-41-35(38)40)27-31-24-20-18-21-25-31/h18,20-21,24-25,29-30,32-33H,13-17,19,22-23,26-28H2,1-12H3/t29?,30-,32-,33+/m0/s1. The summed E-state index contributed by atoms with van der Waals surface area (Å²) >= 11 is 0. The van der Waals surface area contributed by atoms with E-state index >= 15 is 0 Å². The summed E-state index contributed by atoms with van der Waals surface area (Å²) in [6, 6.07) is 9.72. The molecule has 1 saturated heterocycles. The molecule has 8 heteroatoms. The Hall–Kier alpha value is -1.49. The zero-order chi connectivity index (χ0) is 34.1. The van der Waals surface area contributed by atoms with Crippen molar-refractivity contribution in [3.8, 4) is 0 Å². The molecule has 0 N–H and O–H groups in total. The van der Waals surface area contributed by atoms with Gasteiger partial charge in [0.15, 0.2) is 16.6 Å². The van der Waals surface area contributed by atoms with Crippen molar-refractivity contribution in [1.29, 1.82) is 0 Å². The predicted octanol–water partition coefficient (Wildman–Crippen LogP) is 10.5. The van der Waals surface area contributed by atoms with Crippen molar-refractivity contribution in [2.75, 3.05) is 6.61 Å². The lowest BCUT2D eigenvalue weighted by Crippen LogP contribution is -2.50. The molecule has 0 radical (unpaired) electrons. The molecule has 258 valence electrons. The van der Waals surface area contributed by atoms with Gasteiger partial charge in [-0.25, -0.2) is 9.69 Å². The van der Waals surface area contributed by atoms with Gasteiger partial charge in [0.1, 0.15) is 6.61 Å². The summed E-state index contributed by atoms with van der Waals surface area (Å²) in [7, 11) is -3.83. The fourth-order valence-electron chi connectivity index (χ4n) is 5.51. The van der Waals surface area contributed by atoms with Gasteiger partial charge in [-0.05, 0) is 68.0 Å². The number of benzene rings is 1. The van der Waals surface area contributed by atoms with Crippen LogP contribution in [0.2, 0.25) is 36.3 Å². The first-order valence-corrected chi connectivity index (χ1v) is 23.5. The summed E-state index contributed by atoms with van der Waals surface area (Å²) in [4.78, 5) is 28.0. The molecule has 1 aliphatic rings. The maximum Gasteiger partial charge on any atom is 0.416 e. The molecule has 0 bridgehead atoms.